The molecular formula is C26H19F2N3O4. The summed E-state index contributed by atoms with van der Waals surface area (Å²) in [5, 5.41) is 13.8. The molecule has 0 aliphatic heterocycles. The first kappa shape index (κ1) is 22.3. The summed E-state index contributed by atoms with van der Waals surface area (Å²) < 4.78 is 35.0. The summed E-state index contributed by atoms with van der Waals surface area (Å²) in [5.41, 5.74) is 0.916. The van der Waals surface area contributed by atoms with Crippen molar-refractivity contribution in [3.63, 3.8) is 0 Å². The Balaban J connectivity index is 1.53. The van der Waals surface area contributed by atoms with Gasteiger partial charge in [0.05, 0.1) is 11.8 Å². The van der Waals surface area contributed by atoms with Crippen molar-refractivity contribution in [2.45, 2.75) is 19.5 Å². The SMILES string of the molecule is C[C@@H](Nc1cnc(-c2ccccc2F)n(CC(=O)O)c1=O)c1ccc2oc3c(F)cccc3c2c1. The van der Waals surface area contributed by atoms with Crippen LogP contribution in [0.3, 0.4) is 0 Å². The van der Waals surface area contributed by atoms with Crippen LogP contribution in [0.5, 0.6) is 0 Å². The number of nitrogens with zero attached hydrogens (tertiary/aromatic N) is 2. The predicted molar refractivity (Wildman–Crippen MR) is 127 cm³/mol. The van der Waals surface area contributed by atoms with Crippen LogP contribution < -0.4 is 10.9 Å². The third kappa shape index (κ3) is 4.01. The molecular weight excluding hydrogens is 456 g/mol. The molecule has 2 aromatic heterocycles. The van der Waals surface area contributed by atoms with E-state index in [1.807, 2.05) is 13.0 Å². The zero-order valence-electron chi connectivity index (χ0n) is 18.5. The van der Waals surface area contributed by atoms with Crippen molar-refractivity contribution < 1.29 is 23.1 Å². The van der Waals surface area contributed by atoms with Gasteiger partial charge in [-0.05, 0) is 42.8 Å². The molecule has 0 saturated heterocycles. The molecule has 5 aromatic rings. The van der Waals surface area contributed by atoms with Crippen LogP contribution >= 0.6 is 0 Å². The molecule has 0 radical (unpaired) electrons. The number of fused-ring (bicyclic) bond motifs is 3. The van der Waals surface area contributed by atoms with E-state index >= 15 is 0 Å². The van der Waals surface area contributed by atoms with Gasteiger partial charge in [0.1, 0.15) is 29.5 Å². The van der Waals surface area contributed by atoms with Crippen molar-refractivity contribution in [3.8, 4) is 11.4 Å². The summed E-state index contributed by atoms with van der Waals surface area (Å²) in [6, 6.07) is 15.4. The molecule has 0 amide bonds. The lowest BCUT2D eigenvalue weighted by molar-refractivity contribution is -0.137. The second-order valence-corrected chi connectivity index (χ2v) is 8.10. The van der Waals surface area contributed by atoms with E-state index in [-0.39, 0.29) is 22.7 Å². The van der Waals surface area contributed by atoms with Gasteiger partial charge in [-0.25, -0.2) is 13.8 Å². The highest BCUT2D eigenvalue weighted by Crippen LogP contribution is 2.32. The number of anilines is 1. The third-order valence-corrected chi connectivity index (χ3v) is 5.80. The summed E-state index contributed by atoms with van der Waals surface area (Å²) in [4.78, 5) is 28.8. The fourth-order valence-electron chi connectivity index (χ4n) is 4.10. The van der Waals surface area contributed by atoms with E-state index in [2.05, 4.69) is 10.3 Å². The number of benzene rings is 3. The molecule has 2 N–H and O–H groups in total. The first-order valence-corrected chi connectivity index (χ1v) is 10.8. The second kappa shape index (κ2) is 8.68. The Bertz CT molecular complexity index is 1660. The highest BCUT2D eigenvalue weighted by molar-refractivity contribution is 6.05. The van der Waals surface area contributed by atoms with Gasteiger partial charge in [-0.1, -0.05) is 30.3 Å². The molecule has 7 nitrogen and oxygen atoms in total. The molecule has 0 aliphatic rings. The van der Waals surface area contributed by atoms with Crippen LogP contribution in [0.2, 0.25) is 0 Å². The minimum absolute atomic E-state index is 0.0231. The minimum atomic E-state index is -1.26. The van der Waals surface area contributed by atoms with E-state index in [9.17, 15) is 23.5 Å². The molecule has 0 saturated carbocycles. The van der Waals surface area contributed by atoms with Gasteiger partial charge in [-0.2, -0.15) is 0 Å². The van der Waals surface area contributed by atoms with Crippen molar-refractivity contribution in [1.29, 1.82) is 0 Å². The first-order chi connectivity index (χ1) is 16.8. The Hall–Kier alpha value is -4.53. The van der Waals surface area contributed by atoms with E-state index in [1.165, 1.54) is 30.5 Å². The maximum atomic E-state index is 14.3. The lowest BCUT2D eigenvalue weighted by Crippen LogP contribution is -2.29. The number of hydrogen-bond acceptors (Lipinski definition) is 5. The van der Waals surface area contributed by atoms with Gasteiger partial charge in [0, 0.05) is 16.8 Å². The summed E-state index contributed by atoms with van der Waals surface area (Å²) in [5.74, 6) is -2.42. The molecule has 9 heteroatoms. The standard InChI is InChI=1S/C26H19F2N3O4/c1-14(15-9-10-22-18(11-15)16-6-4-8-20(28)24(16)35-22)30-21-12-29-25(17-5-2-3-7-19(17)27)31(26(21)34)13-23(32)33/h2-12,14,30H,13H2,1H3,(H,32,33)/t14-/m1/s1. The van der Waals surface area contributed by atoms with Gasteiger partial charge in [0.2, 0.25) is 0 Å². The van der Waals surface area contributed by atoms with Crippen molar-refractivity contribution in [2.24, 2.45) is 0 Å². The summed E-state index contributed by atoms with van der Waals surface area (Å²) in [6.45, 7) is 1.13. The topological polar surface area (TPSA) is 97.4 Å². The monoisotopic (exact) mass is 475 g/mol. The fraction of sp³-hybridized carbons (Fsp3) is 0.115. The molecule has 0 bridgehead atoms. The van der Waals surface area contributed by atoms with E-state index in [1.54, 1.807) is 30.3 Å². The lowest BCUT2D eigenvalue weighted by atomic mass is 10.0. The number of carbonyl (C=O) groups is 1. The van der Waals surface area contributed by atoms with Gasteiger partial charge >= 0.3 is 5.97 Å². The van der Waals surface area contributed by atoms with E-state index in [0.29, 0.717) is 11.0 Å². The molecule has 0 aliphatic carbocycles. The normalized spacial score (nSPS) is 12.2. The van der Waals surface area contributed by atoms with Gasteiger partial charge < -0.3 is 14.8 Å². The number of nitrogens with one attached hydrogen (secondary N) is 1. The van der Waals surface area contributed by atoms with Crippen molar-refractivity contribution in [1.82, 2.24) is 9.55 Å². The third-order valence-electron chi connectivity index (χ3n) is 5.80. The van der Waals surface area contributed by atoms with Crippen LogP contribution in [0.15, 0.2) is 76.1 Å². The molecule has 0 unspecified atom stereocenters. The average molecular weight is 475 g/mol. The molecule has 3 aromatic carbocycles. The van der Waals surface area contributed by atoms with Crippen LogP contribution in [0.25, 0.3) is 33.3 Å². The Morgan fingerprint density at radius 3 is 2.63 bits per heavy atom. The van der Waals surface area contributed by atoms with Gasteiger partial charge in [-0.15, -0.1) is 0 Å². The highest BCUT2D eigenvalue weighted by atomic mass is 19.1. The summed E-state index contributed by atoms with van der Waals surface area (Å²) in [7, 11) is 0. The van der Waals surface area contributed by atoms with Crippen LogP contribution in [0, 0.1) is 11.6 Å². The molecule has 35 heavy (non-hydrogen) atoms. The average Bonchev–Trinajstić information content (AvgIpc) is 3.21. The molecule has 0 spiro atoms. The number of carboxylic acid groups (broad SMARTS) is 1. The summed E-state index contributed by atoms with van der Waals surface area (Å²) >= 11 is 0. The maximum absolute atomic E-state index is 14.3. The van der Waals surface area contributed by atoms with Crippen molar-refractivity contribution in [2.75, 3.05) is 5.32 Å². The van der Waals surface area contributed by atoms with Gasteiger partial charge in [0.15, 0.2) is 11.4 Å². The number of furan rings is 1. The van der Waals surface area contributed by atoms with Crippen LogP contribution in [-0.4, -0.2) is 20.6 Å². The molecule has 176 valence electrons. The Labute approximate surface area is 197 Å². The smallest absolute Gasteiger partial charge is 0.323 e. The number of hydrogen-bond donors (Lipinski definition) is 2. The number of aromatic nitrogens is 2. The number of halogens is 2. The number of para-hydroxylation sites is 1. The highest BCUT2D eigenvalue weighted by Gasteiger charge is 2.19. The van der Waals surface area contributed by atoms with E-state index < -0.39 is 35.7 Å². The Kier molecular flexibility index (Phi) is 5.52. The molecule has 5 rings (SSSR count). The van der Waals surface area contributed by atoms with Crippen LogP contribution in [0.4, 0.5) is 14.5 Å². The van der Waals surface area contributed by atoms with Gasteiger partial charge in [-0.3, -0.25) is 14.2 Å². The Morgan fingerprint density at radius 2 is 1.86 bits per heavy atom. The largest absolute Gasteiger partial charge is 0.480 e. The quantitative estimate of drug-likeness (QED) is 0.344. The molecule has 2 heterocycles. The van der Waals surface area contributed by atoms with Crippen LogP contribution in [-0.2, 0) is 11.3 Å². The zero-order chi connectivity index (χ0) is 24.7. The number of carboxylic acids is 1. The second-order valence-electron chi connectivity index (χ2n) is 8.10. The van der Waals surface area contributed by atoms with E-state index in [4.69, 9.17) is 4.42 Å². The van der Waals surface area contributed by atoms with Crippen LogP contribution in [0.1, 0.15) is 18.5 Å². The van der Waals surface area contributed by atoms with Crippen molar-refractivity contribution >= 4 is 33.6 Å². The minimum Gasteiger partial charge on any atom is -0.480 e. The maximum Gasteiger partial charge on any atom is 0.323 e. The Morgan fingerprint density at radius 1 is 1.09 bits per heavy atom. The molecule has 1 atom stereocenters. The fourth-order valence-corrected chi connectivity index (χ4v) is 4.10. The predicted octanol–water partition coefficient (Wildman–Crippen LogP) is 5.35. The van der Waals surface area contributed by atoms with Gasteiger partial charge in [0.25, 0.3) is 5.56 Å². The number of aliphatic carboxylic acids is 1. The van der Waals surface area contributed by atoms with Crippen molar-refractivity contribution in [3.05, 3.63) is 94.4 Å². The lowest BCUT2D eigenvalue weighted by Gasteiger charge is -2.18. The molecule has 0 fully saturated rings. The first-order valence-electron chi connectivity index (χ1n) is 10.8. The zero-order valence-corrected chi connectivity index (χ0v) is 18.5. The van der Waals surface area contributed by atoms with E-state index in [0.717, 1.165) is 15.5 Å². The summed E-state index contributed by atoms with van der Waals surface area (Å²) in [6.07, 6.45) is 1.26. The number of rotatable bonds is 6.